The van der Waals surface area contributed by atoms with Gasteiger partial charge in [0.15, 0.2) is 0 Å². The number of hydrogen-bond donors (Lipinski definition) is 1. The fraction of sp³-hybridized carbons (Fsp3) is 0.375. The predicted molar refractivity (Wildman–Crippen MR) is 121 cm³/mol. The van der Waals surface area contributed by atoms with Crippen molar-refractivity contribution in [3.63, 3.8) is 0 Å². The van der Waals surface area contributed by atoms with Crippen molar-refractivity contribution < 1.29 is 0 Å². The first-order valence-electron chi connectivity index (χ1n) is 10.8. The van der Waals surface area contributed by atoms with Crippen molar-refractivity contribution in [3.8, 4) is 11.3 Å². The number of pyridine rings is 1. The number of aromatic nitrogens is 3. The molecule has 1 fully saturated rings. The summed E-state index contributed by atoms with van der Waals surface area (Å²) in [5.74, 6) is 0.998. The van der Waals surface area contributed by atoms with Crippen molar-refractivity contribution in [1.82, 2.24) is 15.0 Å². The number of nitrogens with zero attached hydrogens (tertiary/aromatic N) is 3. The van der Waals surface area contributed by atoms with Crippen molar-refractivity contribution >= 4 is 37.6 Å². The van der Waals surface area contributed by atoms with Gasteiger partial charge in [0, 0.05) is 17.0 Å². The summed E-state index contributed by atoms with van der Waals surface area (Å²) in [4.78, 5) is 15.6. The molecule has 6 rings (SSSR count). The Morgan fingerprint density at radius 2 is 1.72 bits per heavy atom. The van der Waals surface area contributed by atoms with Crippen LogP contribution in [0.15, 0.2) is 36.7 Å². The molecular weight excluding hydrogens is 376 g/mol. The Hall–Kier alpha value is -2.53. The van der Waals surface area contributed by atoms with Gasteiger partial charge in [0.25, 0.3) is 0 Å². The summed E-state index contributed by atoms with van der Waals surface area (Å²) in [6, 6.07) is 11.2. The summed E-state index contributed by atoms with van der Waals surface area (Å²) >= 11 is 1.75. The van der Waals surface area contributed by atoms with Gasteiger partial charge in [-0.1, -0.05) is 49.6 Å². The molecule has 2 aliphatic carbocycles. The van der Waals surface area contributed by atoms with Crippen molar-refractivity contribution in [3.05, 3.63) is 47.8 Å². The van der Waals surface area contributed by atoms with Crippen molar-refractivity contribution in [1.29, 1.82) is 0 Å². The molecule has 3 aromatic heterocycles. The van der Waals surface area contributed by atoms with Crippen LogP contribution in [-0.2, 0) is 12.8 Å². The lowest BCUT2D eigenvalue weighted by molar-refractivity contribution is 0.462. The van der Waals surface area contributed by atoms with E-state index in [0.29, 0.717) is 6.04 Å². The highest BCUT2D eigenvalue weighted by atomic mass is 32.1. The highest BCUT2D eigenvalue weighted by Gasteiger charge is 2.25. The van der Waals surface area contributed by atoms with E-state index in [4.69, 9.17) is 9.97 Å². The number of aryl methyl sites for hydroxylation is 1. The van der Waals surface area contributed by atoms with Gasteiger partial charge in [-0.15, -0.1) is 11.3 Å². The molecule has 0 radical (unpaired) electrons. The lowest BCUT2D eigenvalue weighted by Gasteiger charge is -2.23. The zero-order valence-electron chi connectivity index (χ0n) is 16.4. The van der Waals surface area contributed by atoms with E-state index in [9.17, 15) is 0 Å². The molecule has 1 N–H and O–H groups in total. The second kappa shape index (κ2) is 7.06. The van der Waals surface area contributed by atoms with Crippen LogP contribution in [0.2, 0.25) is 0 Å². The lowest BCUT2D eigenvalue weighted by Crippen LogP contribution is -2.22. The zero-order valence-corrected chi connectivity index (χ0v) is 17.3. The molecule has 1 saturated carbocycles. The summed E-state index contributed by atoms with van der Waals surface area (Å²) in [7, 11) is 0. The number of nitrogens with one attached hydrogen (secondary N) is 1. The lowest BCUT2D eigenvalue weighted by atomic mass is 9.95. The summed E-state index contributed by atoms with van der Waals surface area (Å²) in [6.07, 6.45) is 11.6. The topological polar surface area (TPSA) is 50.7 Å². The Kier molecular flexibility index (Phi) is 4.22. The van der Waals surface area contributed by atoms with Crippen LogP contribution < -0.4 is 5.32 Å². The zero-order chi connectivity index (χ0) is 19.2. The molecule has 0 bridgehead atoms. The normalized spacial score (nSPS) is 17.1. The third-order valence-corrected chi connectivity index (χ3v) is 7.54. The minimum absolute atomic E-state index is 0.533. The third kappa shape index (κ3) is 2.91. The van der Waals surface area contributed by atoms with Gasteiger partial charge in [0.1, 0.15) is 17.0 Å². The molecule has 2 aliphatic rings. The maximum absolute atomic E-state index is 5.17. The molecule has 0 unspecified atom stereocenters. The van der Waals surface area contributed by atoms with Crippen molar-refractivity contribution in [2.75, 3.05) is 5.32 Å². The van der Waals surface area contributed by atoms with E-state index in [0.717, 1.165) is 34.7 Å². The fourth-order valence-corrected chi connectivity index (χ4v) is 6.19. The van der Waals surface area contributed by atoms with E-state index in [1.807, 2.05) is 0 Å². The maximum atomic E-state index is 5.17. The van der Waals surface area contributed by atoms with Gasteiger partial charge < -0.3 is 5.32 Å². The van der Waals surface area contributed by atoms with E-state index < -0.39 is 0 Å². The molecule has 0 aliphatic heterocycles. The predicted octanol–water partition coefficient (Wildman–Crippen LogP) is 6.14. The second-order valence-electron chi connectivity index (χ2n) is 8.30. The van der Waals surface area contributed by atoms with Gasteiger partial charge >= 0.3 is 0 Å². The van der Waals surface area contributed by atoms with Crippen molar-refractivity contribution in [2.24, 2.45) is 0 Å². The first-order valence-corrected chi connectivity index (χ1v) is 11.6. The Morgan fingerprint density at radius 1 is 0.897 bits per heavy atom. The van der Waals surface area contributed by atoms with Crippen LogP contribution in [0.25, 0.3) is 31.7 Å². The molecule has 4 aromatic rings. The van der Waals surface area contributed by atoms with E-state index >= 15 is 0 Å². The summed E-state index contributed by atoms with van der Waals surface area (Å²) in [6.45, 7) is 0. The average molecular weight is 401 g/mol. The molecule has 3 heterocycles. The average Bonchev–Trinajstić information content (AvgIpc) is 3.39. The quantitative estimate of drug-likeness (QED) is 0.449. The van der Waals surface area contributed by atoms with Crippen LogP contribution in [0.4, 0.5) is 5.82 Å². The van der Waals surface area contributed by atoms with Crippen LogP contribution in [0.5, 0.6) is 0 Å². The van der Waals surface area contributed by atoms with Crippen molar-refractivity contribution in [2.45, 2.75) is 57.4 Å². The second-order valence-corrected chi connectivity index (χ2v) is 9.30. The molecule has 146 valence electrons. The van der Waals surface area contributed by atoms with E-state index in [-0.39, 0.29) is 0 Å². The van der Waals surface area contributed by atoms with Crippen LogP contribution in [-0.4, -0.2) is 21.0 Å². The molecule has 29 heavy (non-hydrogen) atoms. The van der Waals surface area contributed by atoms with E-state index in [2.05, 4.69) is 40.6 Å². The highest BCUT2D eigenvalue weighted by molar-refractivity contribution is 7.26. The molecule has 0 atom stereocenters. The van der Waals surface area contributed by atoms with Gasteiger partial charge in [0.05, 0.1) is 15.9 Å². The molecule has 1 aromatic carbocycles. The smallest absolute Gasteiger partial charge is 0.147 e. The first-order chi connectivity index (χ1) is 14.4. The number of benzene rings is 1. The SMILES string of the molecule is c1ccc(-c2nc3sc4c(NC5CCCCC5)ncnc4c3c3c2CCC3)cc1. The number of hydrogen-bond acceptors (Lipinski definition) is 5. The minimum atomic E-state index is 0.533. The molecule has 0 spiro atoms. The Balaban J connectivity index is 1.54. The van der Waals surface area contributed by atoms with E-state index in [1.165, 1.54) is 65.3 Å². The van der Waals surface area contributed by atoms with Crippen LogP contribution in [0, 0.1) is 0 Å². The standard InChI is InChI=1S/C24H24N4S/c1-3-8-15(9-4-1)20-18-13-7-12-17(18)19-21-22(29-24(19)28-20)23(26-14-25-21)27-16-10-5-2-6-11-16/h1,3-4,8-9,14,16H,2,5-7,10-13H2,(H,25,26,27). The minimum Gasteiger partial charge on any atom is -0.366 e. The highest BCUT2D eigenvalue weighted by Crippen LogP contribution is 2.43. The van der Waals surface area contributed by atoms with Crippen LogP contribution >= 0.6 is 11.3 Å². The number of rotatable bonds is 3. The van der Waals surface area contributed by atoms with Gasteiger partial charge in [0.2, 0.25) is 0 Å². The fourth-order valence-electron chi connectivity index (χ4n) is 5.08. The van der Waals surface area contributed by atoms with Gasteiger partial charge in [-0.05, 0) is 43.2 Å². The largest absolute Gasteiger partial charge is 0.366 e. The Bertz CT molecular complexity index is 1190. The Labute approximate surface area is 174 Å². The first kappa shape index (κ1) is 17.3. The molecular formula is C24H24N4S. The number of thiophene rings is 1. The number of anilines is 1. The maximum Gasteiger partial charge on any atom is 0.147 e. The monoisotopic (exact) mass is 400 g/mol. The number of fused-ring (bicyclic) bond motifs is 5. The van der Waals surface area contributed by atoms with Crippen LogP contribution in [0.1, 0.15) is 49.7 Å². The molecule has 5 heteroatoms. The third-order valence-electron chi connectivity index (χ3n) is 6.47. The summed E-state index contributed by atoms with van der Waals surface area (Å²) in [5.41, 5.74) is 6.35. The molecule has 4 nitrogen and oxygen atoms in total. The van der Waals surface area contributed by atoms with Gasteiger partial charge in [-0.25, -0.2) is 15.0 Å². The molecule has 0 amide bonds. The molecule has 0 saturated heterocycles. The van der Waals surface area contributed by atoms with E-state index in [1.54, 1.807) is 17.7 Å². The Morgan fingerprint density at radius 3 is 2.59 bits per heavy atom. The van der Waals surface area contributed by atoms with Crippen LogP contribution in [0.3, 0.4) is 0 Å². The van der Waals surface area contributed by atoms with Gasteiger partial charge in [-0.3, -0.25) is 0 Å². The summed E-state index contributed by atoms with van der Waals surface area (Å²) in [5, 5.41) is 5.00. The van der Waals surface area contributed by atoms with Gasteiger partial charge in [-0.2, -0.15) is 0 Å². The summed E-state index contributed by atoms with van der Waals surface area (Å²) < 4.78 is 1.17.